The predicted octanol–water partition coefficient (Wildman–Crippen LogP) is 2.63. The number of allylic oxidation sites excluding steroid dienone is 2. The molecule has 0 atom stereocenters. The first-order chi connectivity index (χ1) is 5.22. The van der Waals surface area contributed by atoms with Crippen LogP contribution in [0.15, 0.2) is 24.3 Å². The van der Waals surface area contributed by atoms with Gasteiger partial charge in [-0.1, -0.05) is 19.6 Å². The Morgan fingerprint density at radius 1 is 0.909 bits per heavy atom. The standard InChI is InChI=1S/C10H14O/c1-8-6-4-3-5-7-9(2)10(8)11/h1-7H2. The molecule has 1 aliphatic carbocycles. The monoisotopic (exact) mass is 150 g/mol. The van der Waals surface area contributed by atoms with Gasteiger partial charge in [-0.3, -0.25) is 4.79 Å². The van der Waals surface area contributed by atoms with Gasteiger partial charge in [0.1, 0.15) is 0 Å². The molecule has 0 aliphatic heterocycles. The van der Waals surface area contributed by atoms with Gasteiger partial charge in [-0.2, -0.15) is 0 Å². The molecular weight excluding hydrogens is 136 g/mol. The first kappa shape index (κ1) is 8.25. The highest BCUT2D eigenvalue weighted by Crippen LogP contribution is 2.20. The highest BCUT2D eigenvalue weighted by Gasteiger charge is 2.13. The summed E-state index contributed by atoms with van der Waals surface area (Å²) in [4.78, 5) is 11.3. The maximum absolute atomic E-state index is 11.3. The van der Waals surface area contributed by atoms with Crippen molar-refractivity contribution < 1.29 is 4.79 Å². The fraction of sp³-hybridized carbons (Fsp3) is 0.500. The van der Waals surface area contributed by atoms with Gasteiger partial charge in [0.05, 0.1) is 0 Å². The second kappa shape index (κ2) is 3.51. The molecule has 0 N–H and O–H groups in total. The molecule has 0 spiro atoms. The molecule has 0 saturated heterocycles. The van der Waals surface area contributed by atoms with E-state index in [1.165, 1.54) is 6.42 Å². The zero-order valence-corrected chi connectivity index (χ0v) is 6.86. The summed E-state index contributed by atoms with van der Waals surface area (Å²) in [6.45, 7) is 7.47. The van der Waals surface area contributed by atoms with Gasteiger partial charge < -0.3 is 0 Å². The van der Waals surface area contributed by atoms with Crippen LogP contribution in [-0.4, -0.2) is 5.78 Å². The van der Waals surface area contributed by atoms with E-state index in [2.05, 4.69) is 13.2 Å². The molecule has 1 heteroatoms. The van der Waals surface area contributed by atoms with E-state index in [1.807, 2.05) is 0 Å². The minimum absolute atomic E-state index is 0.102. The fourth-order valence-electron chi connectivity index (χ4n) is 1.33. The third-order valence-corrected chi connectivity index (χ3v) is 2.10. The molecule has 0 radical (unpaired) electrons. The maximum atomic E-state index is 11.3. The first-order valence-electron chi connectivity index (χ1n) is 4.12. The van der Waals surface area contributed by atoms with Crippen LogP contribution in [0.4, 0.5) is 0 Å². The summed E-state index contributed by atoms with van der Waals surface area (Å²) in [5, 5.41) is 0. The quantitative estimate of drug-likeness (QED) is 0.485. The minimum atomic E-state index is 0.102. The van der Waals surface area contributed by atoms with Gasteiger partial charge in [0, 0.05) is 0 Å². The average molecular weight is 150 g/mol. The van der Waals surface area contributed by atoms with Crippen LogP contribution in [0.2, 0.25) is 0 Å². The maximum Gasteiger partial charge on any atom is 0.183 e. The van der Waals surface area contributed by atoms with Crippen molar-refractivity contribution in [2.24, 2.45) is 0 Å². The summed E-state index contributed by atoms with van der Waals surface area (Å²) in [5.41, 5.74) is 1.49. The summed E-state index contributed by atoms with van der Waals surface area (Å²) in [7, 11) is 0. The highest BCUT2D eigenvalue weighted by molar-refractivity contribution is 6.07. The largest absolute Gasteiger partial charge is 0.289 e. The minimum Gasteiger partial charge on any atom is -0.289 e. The normalized spacial score (nSPS) is 21.3. The van der Waals surface area contributed by atoms with E-state index < -0.39 is 0 Å². The van der Waals surface area contributed by atoms with Crippen LogP contribution in [0, 0.1) is 0 Å². The van der Waals surface area contributed by atoms with Crippen LogP contribution in [0.3, 0.4) is 0 Å². The van der Waals surface area contributed by atoms with E-state index in [4.69, 9.17) is 0 Å². The fourth-order valence-corrected chi connectivity index (χ4v) is 1.33. The third kappa shape index (κ3) is 2.04. The summed E-state index contributed by atoms with van der Waals surface area (Å²) in [6, 6.07) is 0. The lowest BCUT2D eigenvalue weighted by Gasteiger charge is -2.11. The second-order valence-electron chi connectivity index (χ2n) is 3.10. The van der Waals surface area contributed by atoms with E-state index in [9.17, 15) is 4.79 Å². The molecular formula is C10H14O. The molecule has 0 aromatic heterocycles. The Labute approximate surface area is 67.8 Å². The van der Waals surface area contributed by atoms with Crippen molar-refractivity contribution in [3.63, 3.8) is 0 Å². The topological polar surface area (TPSA) is 17.1 Å². The lowest BCUT2D eigenvalue weighted by molar-refractivity contribution is -0.112. The van der Waals surface area contributed by atoms with E-state index in [-0.39, 0.29) is 5.78 Å². The number of rotatable bonds is 0. The van der Waals surface area contributed by atoms with Gasteiger partial charge >= 0.3 is 0 Å². The summed E-state index contributed by atoms with van der Waals surface area (Å²) < 4.78 is 0. The van der Waals surface area contributed by atoms with Crippen molar-refractivity contribution in [1.29, 1.82) is 0 Å². The van der Waals surface area contributed by atoms with E-state index in [0.29, 0.717) is 0 Å². The van der Waals surface area contributed by atoms with Crippen molar-refractivity contribution in [3.8, 4) is 0 Å². The van der Waals surface area contributed by atoms with Crippen molar-refractivity contribution in [2.75, 3.05) is 0 Å². The summed E-state index contributed by atoms with van der Waals surface area (Å²) in [6.07, 6.45) is 5.14. The second-order valence-corrected chi connectivity index (χ2v) is 3.10. The molecule has 0 unspecified atom stereocenters. The van der Waals surface area contributed by atoms with Gasteiger partial charge in [-0.25, -0.2) is 0 Å². The zero-order valence-electron chi connectivity index (χ0n) is 6.86. The van der Waals surface area contributed by atoms with Crippen LogP contribution in [-0.2, 0) is 4.79 Å². The SMILES string of the molecule is C=C1CCCCCC(=C)C1=O. The number of hydrogen-bond acceptors (Lipinski definition) is 1. The molecule has 0 aromatic carbocycles. The Kier molecular flexibility index (Phi) is 2.64. The van der Waals surface area contributed by atoms with Crippen LogP contribution in [0.5, 0.6) is 0 Å². The number of hydrogen-bond donors (Lipinski definition) is 0. The third-order valence-electron chi connectivity index (χ3n) is 2.10. The summed E-state index contributed by atoms with van der Waals surface area (Å²) in [5.74, 6) is 0.102. The van der Waals surface area contributed by atoms with Crippen molar-refractivity contribution in [2.45, 2.75) is 32.1 Å². The van der Waals surface area contributed by atoms with E-state index in [1.54, 1.807) is 0 Å². The average Bonchev–Trinajstić information content (AvgIpc) is 2.00. The van der Waals surface area contributed by atoms with Gasteiger partial charge in [0.25, 0.3) is 0 Å². The first-order valence-corrected chi connectivity index (χ1v) is 4.12. The van der Waals surface area contributed by atoms with Gasteiger partial charge in [-0.15, -0.1) is 0 Å². The van der Waals surface area contributed by atoms with Crippen LogP contribution in [0.1, 0.15) is 32.1 Å². The summed E-state index contributed by atoms with van der Waals surface area (Å²) >= 11 is 0. The Hall–Kier alpha value is -0.850. The van der Waals surface area contributed by atoms with Crippen molar-refractivity contribution in [3.05, 3.63) is 24.3 Å². The van der Waals surface area contributed by atoms with Gasteiger partial charge in [0.15, 0.2) is 5.78 Å². The lowest BCUT2D eigenvalue weighted by Crippen LogP contribution is -2.07. The van der Waals surface area contributed by atoms with Crippen LogP contribution in [0.25, 0.3) is 0 Å². The number of carbonyl (C=O) groups excluding carboxylic acids is 1. The van der Waals surface area contributed by atoms with Gasteiger partial charge in [0.2, 0.25) is 0 Å². The van der Waals surface area contributed by atoms with Crippen LogP contribution >= 0.6 is 0 Å². The Morgan fingerprint density at radius 3 is 1.82 bits per heavy atom. The smallest absolute Gasteiger partial charge is 0.183 e. The lowest BCUT2D eigenvalue weighted by atomic mass is 9.93. The molecule has 1 nitrogen and oxygen atoms in total. The van der Waals surface area contributed by atoms with Crippen molar-refractivity contribution in [1.82, 2.24) is 0 Å². The molecule has 0 aromatic rings. The molecule has 0 amide bonds. The number of Topliss-reactive ketones (excluding diaryl/α,β-unsaturated/α-hetero) is 1. The molecule has 0 heterocycles. The number of carbonyl (C=O) groups is 1. The molecule has 1 saturated carbocycles. The van der Waals surface area contributed by atoms with E-state index >= 15 is 0 Å². The molecule has 11 heavy (non-hydrogen) atoms. The van der Waals surface area contributed by atoms with Crippen LogP contribution < -0.4 is 0 Å². The molecule has 1 rings (SSSR count). The molecule has 60 valence electrons. The highest BCUT2D eigenvalue weighted by atomic mass is 16.1. The Bertz CT molecular complexity index is 181. The van der Waals surface area contributed by atoms with Crippen molar-refractivity contribution >= 4 is 5.78 Å². The Morgan fingerprint density at radius 2 is 1.36 bits per heavy atom. The molecule has 0 bridgehead atoms. The molecule has 1 fully saturated rings. The Balaban J connectivity index is 2.64. The van der Waals surface area contributed by atoms with Gasteiger partial charge in [-0.05, 0) is 36.8 Å². The predicted molar refractivity (Wildman–Crippen MR) is 46.4 cm³/mol. The zero-order chi connectivity index (χ0) is 8.27. The van der Waals surface area contributed by atoms with E-state index in [0.717, 1.165) is 36.8 Å². The molecule has 1 aliphatic rings. The number of ketones is 1.